The lowest BCUT2D eigenvalue weighted by atomic mass is 9.78. The summed E-state index contributed by atoms with van der Waals surface area (Å²) in [5.74, 6) is 0.508. The molecule has 0 radical (unpaired) electrons. The third-order valence-corrected chi connectivity index (χ3v) is 4.64. The van der Waals surface area contributed by atoms with Crippen LogP contribution >= 0.6 is 0 Å². The number of piperidine rings is 1. The van der Waals surface area contributed by atoms with Crippen LogP contribution in [0.4, 0.5) is 4.79 Å². The molecule has 1 aliphatic carbocycles. The molecule has 4 nitrogen and oxygen atoms in total. The average molecular weight is 281 g/mol. The number of ketones is 1. The maximum absolute atomic E-state index is 12.3. The summed E-state index contributed by atoms with van der Waals surface area (Å²) in [6, 6.07) is 0. The molecule has 0 bridgehead atoms. The van der Waals surface area contributed by atoms with Crippen molar-refractivity contribution in [2.45, 2.75) is 71.9 Å². The van der Waals surface area contributed by atoms with E-state index in [1.165, 1.54) is 0 Å². The van der Waals surface area contributed by atoms with Gasteiger partial charge in [-0.25, -0.2) is 4.79 Å². The topological polar surface area (TPSA) is 46.6 Å². The fourth-order valence-electron chi connectivity index (χ4n) is 3.73. The van der Waals surface area contributed by atoms with Crippen LogP contribution < -0.4 is 0 Å². The minimum Gasteiger partial charge on any atom is -0.444 e. The van der Waals surface area contributed by atoms with Crippen molar-refractivity contribution in [1.82, 2.24) is 4.90 Å². The van der Waals surface area contributed by atoms with Gasteiger partial charge in [-0.2, -0.15) is 0 Å². The van der Waals surface area contributed by atoms with Crippen LogP contribution in [-0.2, 0) is 9.53 Å². The second-order valence-electron chi connectivity index (χ2n) is 8.10. The van der Waals surface area contributed by atoms with E-state index in [0.29, 0.717) is 12.3 Å². The molecule has 2 fully saturated rings. The van der Waals surface area contributed by atoms with Crippen LogP contribution in [-0.4, -0.2) is 34.5 Å². The number of amides is 1. The number of nitrogens with zero attached hydrogens (tertiary/aromatic N) is 1. The standard InChI is InChI=1S/C16H27NO3/c1-11(18)12-9-16(12)7-8-17(15(5,6)10-16)13(19)20-14(2,3)4/h12H,7-10H2,1-6H3. The summed E-state index contributed by atoms with van der Waals surface area (Å²) in [5.41, 5.74) is -0.567. The van der Waals surface area contributed by atoms with Gasteiger partial charge in [0, 0.05) is 18.0 Å². The van der Waals surface area contributed by atoms with Crippen molar-refractivity contribution in [1.29, 1.82) is 0 Å². The van der Waals surface area contributed by atoms with E-state index < -0.39 is 5.60 Å². The van der Waals surface area contributed by atoms with Crippen LogP contribution in [0.2, 0.25) is 0 Å². The lowest BCUT2D eigenvalue weighted by molar-refractivity contribution is -0.119. The molecule has 0 aromatic rings. The summed E-state index contributed by atoms with van der Waals surface area (Å²) < 4.78 is 5.50. The Kier molecular flexibility index (Phi) is 3.43. The average Bonchev–Trinajstić information content (AvgIpc) is 2.87. The number of likely N-dealkylation sites (tertiary alicyclic amines) is 1. The number of hydrogen-bond donors (Lipinski definition) is 0. The predicted octanol–water partition coefficient (Wildman–Crippen LogP) is 3.39. The third kappa shape index (κ3) is 2.84. The van der Waals surface area contributed by atoms with E-state index in [-0.39, 0.29) is 23.0 Å². The van der Waals surface area contributed by atoms with Crippen LogP contribution in [0.5, 0.6) is 0 Å². The minimum absolute atomic E-state index is 0.147. The number of rotatable bonds is 1. The van der Waals surface area contributed by atoms with E-state index in [1.807, 2.05) is 25.7 Å². The molecular weight excluding hydrogens is 254 g/mol. The van der Waals surface area contributed by atoms with Gasteiger partial charge in [-0.3, -0.25) is 4.79 Å². The van der Waals surface area contributed by atoms with Gasteiger partial charge in [0.25, 0.3) is 0 Å². The molecule has 4 heteroatoms. The molecule has 2 unspecified atom stereocenters. The molecule has 2 rings (SSSR count). The molecule has 2 atom stereocenters. The van der Waals surface area contributed by atoms with Gasteiger partial charge in [-0.1, -0.05) is 0 Å². The second kappa shape index (κ2) is 4.47. The molecule has 114 valence electrons. The van der Waals surface area contributed by atoms with Crippen LogP contribution in [0.3, 0.4) is 0 Å². The molecular formula is C16H27NO3. The van der Waals surface area contributed by atoms with E-state index in [9.17, 15) is 9.59 Å². The van der Waals surface area contributed by atoms with E-state index >= 15 is 0 Å². The number of hydrogen-bond acceptors (Lipinski definition) is 3. The monoisotopic (exact) mass is 281 g/mol. The highest BCUT2D eigenvalue weighted by molar-refractivity contribution is 5.82. The van der Waals surface area contributed by atoms with Gasteiger partial charge in [-0.05, 0) is 66.2 Å². The molecule has 1 saturated carbocycles. The summed E-state index contributed by atoms with van der Waals surface area (Å²) in [6.45, 7) is 12.2. The van der Waals surface area contributed by atoms with Crippen LogP contribution in [0.25, 0.3) is 0 Å². The zero-order valence-electron chi connectivity index (χ0n) is 13.6. The zero-order chi connectivity index (χ0) is 15.3. The Labute approximate surface area is 121 Å². The predicted molar refractivity (Wildman–Crippen MR) is 77.5 cm³/mol. The first kappa shape index (κ1) is 15.3. The first-order chi connectivity index (χ1) is 8.97. The molecule has 1 saturated heterocycles. The Morgan fingerprint density at radius 2 is 1.85 bits per heavy atom. The van der Waals surface area contributed by atoms with E-state index in [0.717, 1.165) is 19.3 Å². The summed E-state index contributed by atoms with van der Waals surface area (Å²) in [4.78, 5) is 25.7. The van der Waals surface area contributed by atoms with Crippen molar-refractivity contribution in [3.63, 3.8) is 0 Å². The minimum atomic E-state index is -0.468. The molecule has 0 aromatic heterocycles. The van der Waals surface area contributed by atoms with Gasteiger partial charge >= 0.3 is 6.09 Å². The maximum atomic E-state index is 12.3. The highest BCUT2D eigenvalue weighted by Crippen LogP contribution is 2.62. The lowest BCUT2D eigenvalue weighted by Gasteiger charge is -2.46. The van der Waals surface area contributed by atoms with Gasteiger partial charge in [0.15, 0.2) is 0 Å². The Morgan fingerprint density at radius 3 is 2.25 bits per heavy atom. The molecule has 1 heterocycles. The number of carbonyl (C=O) groups is 2. The summed E-state index contributed by atoms with van der Waals surface area (Å²) >= 11 is 0. The largest absolute Gasteiger partial charge is 0.444 e. The third-order valence-electron chi connectivity index (χ3n) is 4.64. The van der Waals surface area contributed by atoms with Crippen LogP contribution in [0, 0.1) is 11.3 Å². The Hall–Kier alpha value is -1.06. The summed E-state index contributed by atoms with van der Waals surface area (Å²) in [7, 11) is 0. The fraction of sp³-hybridized carbons (Fsp3) is 0.875. The smallest absolute Gasteiger partial charge is 0.410 e. The van der Waals surface area contributed by atoms with Crippen molar-refractivity contribution < 1.29 is 14.3 Å². The number of carbonyl (C=O) groups excluding carboxylic acids is 2. The molecule has 0 N–H and O–H groups in total. The Bertz CT molecular complexity index is 435. The Morgan fingerprint density at radius 1 is 1.25 bits per heavy atom. The van der Waals surface area contributed by atoms with Gasteiger partial charge in [0.2, 0.25) is 0 Å². The van der Waals surface area contributed by atoms with E-state index in [4.69, 9.17) is 4.74 Å². The first-order valence-corrected chi connectivity index (χ1v) is 7.48. The van der Waals surface area contributed by atoms with Gasteiger partial charge in [0.05, 0.1) is 0 Å². The van der Waals surface area contributed by atoms with Crippen LogP contribution in [0.15, 0.2) is 0 Å². The second-order valence-corrected chi connectivity index (χ2v) is 8.10. The highest BCUT2D eigenvalue weighted by atomic mass is 16.6. The van der Waals surface area contributed by atoms with Crippen molar-refractivity contribution >= 4 is 11.9 Å². The van der Waals surface area contributed by atoms with Gasteiger partial charge in [0.1, 0.15) is 11.4 Å². The van der Waals surface area contributed by atoms with Crippen LogP contribution in [0.1, 0.15) is 60.8 Å². The SMILES string of the molecule is CC(=O)C1CC12CCN(C(=O)OC(C)(C)C)C(C)(C)C2. The van der Waals surface area contributed by atoms with Crippen molar-refractivity contribution in [3.8, 4) is 0 Å². The van der Waals surface area contributed by atoms with E-state index in [2.05, 4.69) is 13.8 Å². The molecule has 1 amide bonds. The molecule has 20 heavy (non-hydrogen) atoms. The Balaban J connectivity index is 2.06. The maximum Gasteiger partial charge on any atom is 0.410 e. The lowest BCUT2D eigenvalue weighted by Crippen LogP contribution is -2.55. The fourth-order valence-corrected chi connectivity index (χ4v) is 3.73. The highest BCUT2D eigenvalue weighted by Gasteiger charge is 2.61. The number of Topliss-reactive ketones (excluding diaryl/α,β-unsaturated/α-hetero) is 1. The molecule has 1 aliphatic heterocycles. The first-order valence-electron chi connectivity index (χ1n) is 7.48. The quantitative estimate of drug-likeness (QED) is 0.740. The van der Waals surface area contributed by atoms with Crippen molar-refractivity contribution in [3.05, 3.63) is 0 Å². The van der Waals surface area contributed by atoms with Crippen molar-refractivity contribution in [2.75, 3.05) is 6.54 Å². The van der Waals surface area contributed by atoms with Crippen molar-refractivity contribution in [2.24, 2.45) is 11.3 Å². The zero-order valence-corrected chi connectivity index (χ0v) is 13.6. The molecule has 2 aliphatic rings. The van der Waals surface area contributed by atoms with Gasteiger partial charge in [-0.15, -0.1) is 0 Å². The molecule has 0 aromatic carbocycles. The van der Waals surface area contributed by atoms with E-state index in [1.54, 1.807) is 6.92 Å². The van der Waals surface area contributed by atoms with Gasteiger partial charge < -0.3 is 9.64 Å². The summed E-state index contributed by atoms with van der Waals surface area (Å²) in [5, 5.41) is 0. The number of ether oxygens (including phenoxy) is 1. The normalized spacial score (nSPS) is 32.1. The molecule has 1 spiro atoms. The summed E-state index contributed by atoms with van der Waals surface area (Å²) in [6.07, 6.45) is 2.56.